The molecule has 1 aliphatic rings. The summed E-state index contributed by atoms with van der Waals surface area (Å²) in [6.07, 6.45) is -1.45. The average Bonchev–Trinajstić information content (AvgIpc) is 2.33. The van der Waals surface area contributed by atoms with Crippen LogP contribution in [0.1, 0.15) is 6.42 Å². The quantitative estimate of drug-likeness (QED) is 0.326. The molecule has 1 rings (SSSR count). The van der Waals surface area contributed by atoms with Crippen LogP contribution in [0.3, 0.4) is 0 Å². The van der Waals surface area contributed by atoms with Crippen molar-refractivity contribution in [2.75, 3.05) is 13.2 Å². The maximum absolute atomic E-state index is 9.36. The molecule has 0 saturated carbocycles. The van der Waals surface area contributed by atoms with Crippen molar-refractivity contribution in [3.05, 3.63) is 0 Å². The summed E-state index contributed by atoms with van der Waals surface area (Å²) in [4.78, 5) is 0. The first kappa shape index (κ1) is 9.88. The number of nitrogens with one attached hydrogen (secondary N) is 1. The van der Waals surface area contributed by atoms with Crippen LogP contribution in [0.25, 0.3) is 0 Å². The molecule has 0 radical (unpaired) electrons. The van der Waals surface area contributed by atoms with E-state index >= 15 is 0 Å². The molecule has 0 aromatic carbocycles. The molecule has 0 spiro atoms. The van der Waals surface area contributed by atoms with Crippen molar-refractivity contribution in [1.29, 1.82) is 0 Å². The molecule has 5 N–H and O–H groups in total. The molecular formula is C7H15NO4. The van der Waals surface area contributed by atoms with Crippen LogP contribution in [0.4, 0.5) is 0 Å². The standard InChI is InChI=1S/C7H15NO4/c9-2-1-4-6(11)7(12)5(3-10)8-4/h4-12H,1-3H2. The van der Waals surface area contributed by atoms with Crippen LogP contribution in [0.2, 0.25) is 0 Å². The summed E-state index contributed by atoms with van der Waals surface area (Å²) in [7, 11) is 0. The minimum Gasteiger partial charge on any atom is -0.396 e. The second kappa shape index (κ2) is 4.15. The Balaban J connectivity index is 2.48. The van der Waals surface area contributed by atoms with E-state index in [1.54, 1.807) is 0 Å². The van der Waals surface area contributed by atoms with E-state index in [1.165, 1.54) is 0 Å². The van der Waals surface area contributed by atoms with E-state index < -0.39 is 18.2 Å². The minimum absolute atomic E-state index is 0.0421. The van der Waals surface area contributed by atoms with Crippen LogP contribution in [0.15, 0.2) is 0 Å². The fourth-order valence-electron chi connectivity index (χ4n) is 1.50. The van der Waals surface area contributed by atoms with Crippen molar-refractivity contribution in [1.82, 2.24) is 5.32 Å². The van der Waals surface area contributed by atoms with Gasteiger partial charge in [0.1, 0.15) is 0 Å². The van der Waals surface area contributed by atoms with Gasteiger partial charge in [-0.25, -0.2) is 0 Å². The van der Waals surface area contributed by atoms with E-state index in [0.717, 1.165) is 0 Å². The molecule has 0 aromatic rings. The smallest absolute Gasteiger partial charge is 0.0989 e. The number of aliphatic hydroxyl groups excluding tert-OH is 4. The summed E-state index contributed by atoms with van der Waals surface area (Å²) in [5.74, 6) is 0. The summed E-state index contributed by atoms with van der Waals surface area (Å²) >= 11 is 0. The Hall–Kier alpha value is -0.200. The molecule has 1 aliphatic heterocycles. The Morgan fingerprint density at radius 1 is 1.00 bits per heavy atom. The van der Waals surface area contributed by atoms with E-state index in [2.05, 4.69) is 5.32 Å². The second-order valence-corrected chi connectivity index (χ2v) is 3.06. The van der Waals surface area contributed by atoms with Crippen molar-refractivity contribution >= 4 is 0 Å². The number of hydrogen-bond donors (Lipinski definition) is 5. The van der Waals surface area contributed by atoms with Gasteiger partial charge in [-0.05, 0) is 6.42 Å². The highest BCUT2D eigenvalue weighted by molar-refractivity contribution is 4.97. The predicted molar refractivity (Wildman–Crippen MR) is 41.5 cm³/mol. The SMILES string of the molecule is OCCC1NC(CO)C(O)C1O. The maximum Gasteiger partial charge on any atom is 0.0989 e. The van der Waals surface area contributed by atoms with Gasteiger partial charge in [-0.3, -0.25) is 0 Å². The van der Waals surface area contributed by atoms with E-state index in [0.29, 0.717) is 6.42 Å². The summed E-state index contributed by atoms with van der Waals surface area (Å²) in [6.45, 7) is -0.250. The molecule has 72 valence electrons. The molecule has 12 heavy (non-hydrogen) atoms. The van der Waals surface area contributed by atoms with Crippen molar-refractivity contribution in [2.24, 2.45) is 0 Å². The van der Waals surface area contributed by atoms with Crippen LogP contribution in [0.5, 0.6) is 0 Å². The molecular weight excluding hydrogens is 162 g/mol. The van der Waals surface area contributed by atoms with Gasteiger partial charge in [-0.2, -0.15) is 0 Å². The third-order valence-electron chi connectivity index (χ3n) is 2.24. The lowest BCUT2D eigenvalue weighted by Gasteiger charge is -2.13. The van der Waals surface area contributed by atoms with Crippen LogP contribution in [0, 0.1) is 0 Å². The van der Waals surface area contributed by atoms with Crippen molar-refractivity contribution in [3.63, 3.8) is 0 Å². The van der Waals surface area contributed by atoms with Crippen molar-refractivity contribution in [3.8, 4) is 0 Å². The normalized spacial score (nSPS) is 42.0. The van der Waals surface area contributed by atoms with Crippen molar-refractivity contribution in [2.45, 2.75) is 30.7 Å². The average molecular weight is 177 g/mol. The first-order valence-corrected chi connectivity index (χ1v) is 4.04. The molecule has 0 aromatic heterocycles. The number of rotatable bonds is 3. The molecule has 5 heteroatoms. The summed E-state index contributed by atoms with van der Waals surface area (Å²) in [5.41, 5.74) is 0. The molecule has 4 atom stereocenters. The Morgan fingerprint density at radius 2 is 1.58 bits per heavy atom. The highest BCUT2D eigenvalue weighted by Gasteiger charge is 2.39. The van der Waals surface area contributed by atoms with Gasteiger partial charge in [-0.15, -0.1) is 0 Å². The third-order valence-corrected chi connectivity index (χ3v) is 2.24. The predicted octanol–water partition coefficient (Wildman–Crippen LogP) is -2.58. The van der Waals surface area contributed by atoms with Gasteiger partial charge in [-0.1, -0.05) is 0 Å². The molecule has 1 fully saturated rings. The fourth-order valence-corrected chi connectivity index (χ4v) is 1.50. The zero-order chi connectivity index (χ0) is 9.14. The van der Waals surface area contributed by atoms with Gasteiger partial charge < -0.3 is 25.7 Å². The summed E-state index contributed by atoms with van der Waals surface area (Å²) in [5, 5.41) is 38.8. The molecule has 4 unspecified atom stereocenters. The third kappa shape index (κ3) is 1.75. The lowest BCUT2D eigenvalue weighted by Crippen LogP contribution is -2.36. The topological polar surface area (TPSA) is 93.0 Å². The molecule has 1 saturated heterocycles. The first-order chi connectivity index (χ1) is 5.70. The molecule has 0 bridgehead atoms. The Bertz CT molecular complexity index is 143. The minimum atomic E-state index is -0.938. The maximum atomic E-state index is 9.36. The number of aliphatic hydroxyl groups is 4. The van der Waals surface area contributed by atoms with E-state index in [9.17, 15) is 10.2 Å². The van der Waals surface area contributed by atoms with Gasteiger partial charge >= 0.3 is 0 Å². The van der Waals surface area contributed by atoms with Gasteiger partial charge in [0.15, 0.2) is 0 Å². The Morgan fingerprint density at radius 3 is 2.00 bits per heavy atom. The highest BCUT2D eigenvalue weighted by atomic mass is 16.3. The lowest BCUT2D eigenvalue weighted by molar-refractivity contribution is 0.0172. The molecule has 5 nitrogen and oxygen atoms in total. The Labute approximate surface area is 70.6 Å². The van der Waals surface area contributed by atoms with E-state index in [4.69, 9.17) is 10.2 Å². The van der Waals surface area contributed by atoms with Crippen LogP contribution in [-0.4, -0.2) is 57.9 Å². The monoisotopic (exact) mass is 177 g/mol. The fraction of sp³-hybridized carbons (Fsp3) is 1.00. The zero-order valence-corrected chi connectivity index (χ0v) is 6.72. The number of hydrogen-bond acceptors (Lipinski definition) is 5. The summed E-state index contributed by atoms with van der Waals surface area (Å²) < 4.78 is 0. The zero-order valence-electron chi connectivity index (χ0n) is 6.72. The molecule has 1 heterocycles. The summed E-state index contributed by atoms with van der Waals surface area (Å²) in [6, 6.07) is -0.793. The van der Waals surface area contributed by atoms with Gasteiger partial charge in [0.2, 0.25) is 0 Å². The second-order valence-electron chi connectivity index (χ2n) is 3.06. The van der Waals surface area contributed by atoms with Crippen LogP contribution >= 0.6 is 0 Å². The van der Waals surface area contributed by atoms with E-state index in [-0.39, 0.29) is 19.3 Å². The lowest BCUT2D eigenvalue weighted by atomic mass is 10.1. The van der Waals surface area contributed by atoms with Crippen LogP contribution in [-0.2, 0) is 0 Å². The first-order valence-electron chi connectivity index (χ1n) is 4.04. The van der Waals surface area contributed by atoms with Gasteiger partial charge in [0, 0.05) is 12.6 Å². The molecule has 0 amide bonds. The largest absolute Gasteiger partial charge is 0.396 e. The highest BCUT2D eigenvalue weighted by Crippen LogP contribution is 2.16. The van der Waals surface area contributed by atoms with Crippen molar-refractivity contribution < 1.29 is 20.4 Å². The van der Waals surface area contributed by atoms with Gasteiger partial charge in [0.05, 0.1) is 24.9 Å². The Kier molecular flexibility index (Phi) is 3.42. The molecule has 0 aliphatic carbocycles. The van der Waals surface area contributed by atoms with E-state index in [1.807, 2.05) is 0 Å². The van der Waals surface area contributed by atoms with Crippen LogP contribution < -0.4 is 5.32 Å². The van der Waals surface area contributed by atoms with Gasteiger partial charge in [0.25, 0.3) is 0 Å².